The van der Waals surface area contributed by atoms with Crippen LogP contribution in [0.4, 0.5) is 0 Å². The molecule has 6 nitrogen and oxygen atoms in total. The average Bonchev–Trinajstić information content (AvgIpc) is 2.75. The van der Waals surface area contributed by atoms with Crippen LogP contribution in [0.2, 0.25) is 0 Å². The molecule has 106 valence electrons. The zero-order valence-electron chi connectivity index (χ0n) is 11.3. The number of nitrogens with zero attached hydrogens (tertiary/aromatic N) is 2. The van der Waals surface area contributed by atoms with E-state index in [2.05, 4.69) is 24.1 Å². The van der Waals surface area contributed by atoms with E-state index in [1.54, 1.807) is 12.5 Å². The van der Waals surface area contributed by atoms with Crippen LogP contribution in [0.25, 0.3) is 0 Å². The first-order chi connectivity index (χ1) is 8.91. The molecule has 1 amide bonds. The molecular formula is C12H19N3O3S. The summed E-state index contributed by atoms with van der Waals surface area (Å²) in [5.41, 5.74) is 1.05. The van der Waals surface area contributed by atoms with E-state index in [1.165, 1.54) is 18.7 Å². The van der Waals surface area contributed by atoms with Crippen LogP contribution in [0.3, 0.4) is 0 Å². The van der Waals surface area contributed by atoms with Crippen LogP contribution in [-0.4, -0.2) is 38.3 Å². The molecule has 1 rings (SSSR count). The summed E-state index contributed by atoms with van der Waals surface area (Å²) in [5, 5.41) is 11.4. The molecule has 0 bridgehead atoms. The fraction of sp³-hybridized carbons (Fsp3) is 0.583. The third-order valence-electron chi connectivity index (χ3n) is 2.51. The minimum atomic E-state index is -1.01. The van der Waals surface area contributed by atoms with Gasteiger partial charge in [-0.05, 0) is 13.8 Å². The highest BCUT2D eigenvalue weighted by molar-refractivity contribution is 7.98. The minimum Gasteiger partial charge on any atom is -0.480 e. The number of carboxylic acid groups (broad SMARTS) is 1. The van der Waals surface area contributed by atoms with E-state index in [9.17, 15) is 9.59 Å². The number of imidazole rings is 1. The number of aliphatic carboxylic acids is 1. The topological polar surface area (TPSA) is 84.2 Å². The number of carbonyl (C=O) groups is 2. The molecule has 0 aliphatic heterocycles. The molecule has 0 spiro atoms. The highest BCUT2D eigenvalue weighted by Gasteiger charge is 2.18. The third kappa shape index (κ3) is 4.94. The van der Waals surface area contributed by atoms with Gasteiger partial charge in [0.1, 0.15) is 6.04 Å². The highest BCUT2D eigenvalue weighted by Crippen LogP contribution is 2.16. The Labute approximate surface area is 116 Å². The number of hydrogen-bond acceptors (Lipinski definition) is 4. The van der Waals surface area contributed by atoms with Crippen molar-refractivity contribution in [2.24, 2.45) is 0 Å². The highest BCUT2D eigenvalue weighted by atomic mass is 32.2. The van der Waals surface area contributed by atoms with Gasteiger partial charge >= 0.3 is 5.97 Å². The minimum absolute atomic E-state index is 0.323. The first kappa shape index (κ1) is 15.6. The van der Waals surface area contributed by atoms with Gasteiger partial charge in [-0.3, -0.25) is 4.79 Å². The molecule has 0 aliphatic rings. The van der Waals surface area contributed by atoms with E-state index in [-0.39, 0.29) is 5.91 Å². The van der Waals surface area contributed by atoms with Crippen molar-refractivity contribution in [3.63, 3.8) is 0 Å². The van der Waals surface area contributed by atoms with Crippen LogP contribution in [0, 0.1) is 0 Å². The number of nitrogens with one attached hydrogen (secondary N) is 1. The molecule has 7 heteroatoms. The van der Waals surface area contributed by atoms with Gasteiger partial charge in [0, 0.05) is 36.4 Å². The van der Waals surface area contributed by atoms with Crippen LogP contribution >= 0.6 is 11.8 Å². The molecule has 1 unspecified atom stereocenters. The van der Waals surface area contributed by atoms with Gasteiger partial charge < -0.3 is 15.0 Å². The second-order valence-electron chi connectivity index (χ2n) is 4.49. The van der Waals surface area contributed by atoms with E-state index in [0.29, 0.717) is 17.5 Å². The standard InChI is InChI=1S/C12H19N3O3S/c1-8(2)15-7-13-4-10(15)5-19-6-11(12(17)18)14-9(3)16/h4,7-8,11H,5-6H2,1-3H3,(H,14,16)(H,17,18). The van der Waals surface area contributed by atoms with Gasteiger partial charge in [0.25, 0.3) is 0 Å². The summed E-state index contributed by atoms with van der Waals surface area (Å²) >= 11 is 1.46. The fourth-order valence-corrected chi connectivity index (χ4v) is 2.62. The smallest absolute Gasteiger partial charge is 0.327 e. The number of rotatable bonds is 7. The van der Waals surface area contributed by atoms with E-state index in [4.69, 9.17) is 5.11 Å². The Morgan fingerprint density at radius 2 is 2.21 bits per heavy atom. The molecule has 1 heterocycles. The first-order valence-electron chi connectivity index (χ1n) is 6.00. The van der Waals surface area contributed by atoms with Crippen molar-refractivity contribution < 1.29 is 14.7 Å². The van der Waals surface area contributed by atoms with E-state index in [1.807, 2.05) is 4.57 Å². The first-order valence-corrected chi connectivity index (χ1v) is 7.15. The fourth-order valence-electron chi connectivity index (χ4n) is 1.61. The summed E-state index contributed by atoms with van der Waals surface area (Å²) in [6.45, 7) is 5.44. The Kier molecular flexibility index (Phi) is 5.88. The quantitative estimate of drug-likeness (QED) is 0.788. The van der Waals surface area contributed by atoms with Gasteiger partial charge in [-0.1, -0.05) is 0 Å². The Hall–Kier alpha value is -1.50. The van der Waals surface area contributed by atoms with Crippen LogP contribution in [0.15, 0.2) is 12.5 Å². The number of aromatic nitrogens is 2. The van der Waals surface area contributed by atoms with Crippen molar-refractivity contribution in [2.75, 3.05) is 5.75 Å². The second-order valence-corrected chi connectivity index (χ2v) is 5.52. The Bertz CT molecular complexity index is 445. The van der Waals surface area contributed by atoms with Crippen LogP contribution < -0.4 is 5.32 Å². The van der Waals surface area contributed by atoms with Crippen molar-refractivity contribution >= 4 is 23.6 Å². The van der Waals surface area contributed by atoms with Gasteiger partial charge in [0.15, 0.2) is 0 Å². The Balaban J connectivity index is 2.50. The maximum Gasteiger partial charge on any atom is 0.327 e. The summed E-state index contributed by atoms with van der Waals surface area (Å²) in [6.07, 6.45) is 3.55. The molecule has 2 N–H and O–H groups in total. The SMILES string of the molecule is CC(=O)NC(CSCc1cncn1C(C)C)C(=O)O. The predicted octanol–water partition coefficient (Wildman–Crippen LogP) is 1.29. The maximum absolute atomic E-state index is 11.0. The zero-order chi connectivity index (χ0) is 14.4. The largest absolute Gasteiger partial charge is 0.480 e. The van der Waals surface area contributed by atoms with Crippen molar-refractivity contribution in [3.05, 3.63) is 18.2 Å². The number of carbonyl (C=O) groups excluding carboxylic acids is 1. The summed E-state index contributed by atoms with van der Waals surface area (Å²) < 4.78 is 2.04. The van der Waals surface area contributed by atoms with Crippen molar-refractivity contribution in [2.45, 2.75) is 38.6 Å². The maximum atomic E-state index is 11.0. The summed E-state index contributed by atoms with van der Waals surface area (Å²) in [7, 11) is 0. The molecule has 0 fully saturated rings. The van der Waals surface area contributed by atoms with E-state index in [0.717, 1.165) is 5.69 Å². The lowest BCUT2D eigenvalue weighted by Gasteiger charge is -2.14. The summed E-state index contributed by atoms with van der Waals surface area (Å²) in [5.74, 6) is -0.347. The van der Waals surface area contributed by atoms with Gasteiger partial charge in [0.2, 0.25) is 5.91 Å². The molecule has 1 atom stereocenters. The lowest BCUT2D eigenvalue weighted by atomic mass is 10.3. The lowest BCUT2D eigenvalue weighted by Crippen LogP contribution is -2.41. The molecule has 19 heavy (non-hydrogen) atoms. The molecule has 0 aliphatic carbocycles. The second kappa shape index (κ2) is 7.18. The zero-order valence-corrected chi connectivity index (χ0v) is 12.1. The molecular weight excluding hydrogens is 266 g/mol. The van der Waals surface area contributed by atoms with E-state index >= 15 is 0 Å². The van der Waals surface area contributed by atoms with Gasteiger partial charge in [-0.15, -0.1) is 0 Å². The number of thioether (sulfide) groups is 1. The Morgan fingerprint density at radius 1 is 1.53 bits per heavy atom. The number of hydrogen-bond donors (Lipinski definition) is 2. The van der Waals surface area contributed by atoms with Crippen molar-refractivity contribution in [3.8, 4) is 0 Å². The van der Waals surface area contributed by atoms with Gasteiger partial charge in [-0.25, -0.2) is 9.78 Å². The van der Waals surface area contributed by atoms with Crippen LogP contribution in [0.1, 0.15) is 32.5 Å². The predicted molar refractivity (Wildman–Crippen MR) is 74.0 cm³/mol. The molecule has 1 aromatic heterocycles. The van der Waals surface area contributed by atoms with Gasteiger partial charge in [-0.2, -0.15) is 11.8 Å². The molecule has 0 saturated heterocycles. The average molecular weight is 285 g/mol. The van der Waals surface area contributed by atoms with Crippen LogP contribution in [0.5, 0.6) is 0 Å². The van der Waals surface area contributed by atoms with Crippen molar-refractivity contribution in [1.82, 2.24) is 14.9 Å². The lowest BCUT2D eigenvalue weighted by molar-refractivity contribution is -0.140. The van der Waals surface area contributed by atoms with Gasteiger partial charge in [0.05, 0.1) is 6.33 Å². The molecule has 1 aromatic rings. The third-order valence-corrected chi connectivity index (χ3v) is 3.58. The van der Waals surface area contributed by atoms with Crippen molar-refractivity contribution in [1.29, 1.82) is 0 Å². The number of carboxylic acids is 1. The monoisotopic (exact) mass is 285 g/mol. The number of amides is 1. The Morgan fingerprint density at radius 3 is 2.74 bits per heavy atom. The van der Waals surface area contributed by atoms with E-state index < -0.39 is 12.0 Å². The normalized spacial score (nSPS) is 12.4. The molecule has 0 saturated carbocycles. The summed E-state index contributed by atoms with van der Waals surface area (Å²) in [6, 6.07) is -0.526. The molecule has 0 aromatic carbocycles. The molecule has 0 radical (unpaired) electrons. The summed E-state index contributed by atoms with van der Waals surface area (Å²) in [4.78, 5) is 25.9. The van der Waals surface area contributed by atoms with Crippen LogP contribution in [-0.2, 0) is 15.3 Å².